The third-order valence-corrected chi connectivity index (χ3v) is 5.19. The van der Waals surface area contributed by atoms with Crippen molar-refractivity contribution in [2.24, 2.45) is 0 Å². The number of aliphatic hydroxyl groups excluding tert-OH is 1. The van der Waals surface area contributed by atoms with Gasteiger partial charge in [0.2, 0.25) is 6.41 Å². The van der Waals surface area contributed by atoms with Gasteiger partial charge in [0.05, 0.1) is 17.7 Å². The van der Waals surface area contributed by atoms with Gasteiger partial charge < -0.3 is 26.5 Å². The van der Waals surface area contributed by atoms with Gasteiger partial charge in [-0.15, -0.1) is 0 Å². The molecule has 0 unspecified atom stereocenters. The summed E-state index contributed by atoms with van der Waals surface area (Å²) in [5, 5.41) is 27.2. The predicted molar refractivity (Wildman–Crippen MR) is 142 cm³/mol. The zero-order valence-electron chi connectivity index (χ0n) is 19.3. The molecular formula is C26H27ClN6O2. The fraction of sp³-hybridized carbons (Fsp3) is 0.154. The highest BCUT2D eigenvalue weighted by molar-refractivity contribution is 6.30. The second kappa shape index (κ2) is 13.0. The fourth-order valence-corrected chi connectivity index (χ4v) is 3.57. The highest BCUT2D eigenvalue weighted by atomic mass is 35.5. The minimum Gasteiger partial charge on any atom is -0.395 e. The number of amides is 1. The van der Waals surface area contributed by atoms with Gasteiger partial charge in [-0.3, -0.25) is 4.79 Å². The Morgan fingerprint density at radius 2 is 2.00 bits per heavy atom. The quantitative estimate of drug-likeness (QED) is 0.113. The summed E-state index contributed by atoms with van der Waals surface area (Å²) in [5.41, 5.74) is 3.84. The third-order valence-electron chi connectivity index (χ3n) is 4.96. The Kier molecular flexibility index (Phi) is 9.53. The van der Waals surface area contributed by atoms with Crippen molar-refractivity contribution in [2.75, 3.05) is 18.5 Å². The van der Waals surface area contributed by atoms with Gasteiger partial charge in [-0.05, 0) is 47.9 Å². The van der Waals surface area contributed by atoms with Crippen molar-refractivity contribution in [2.45, 2.75) is 13.5 Å². The number of carbonyl (C=O) groups excluding carboxylic acids is 1. The van der Waals surface area contributed by atoms with E-state index in [2.05, 4.69) is 20.9 Å². The van der Waals surface area contributed by atoms with Crippen molar-refractivity contribution in [1.82, 2.24) is 20.6 Å². The fourth-order valence-electron chi connectivity index (χ4n) is 3.35. The molecule has 5 N–H and O–H groups in total. The van der Waals surface area contributed by atoms with Gasteiger partial charge in [-0.1, -0.05) is 42.0 Å². The molecule has 0 aliphatic rings. The Morgan fingerprint density at radius 1 is 1.14 bits per heavy atom. The van der Waals surface area contributed by atoms with Crippen LogP contribution >= 0.6 is 11.6 Å². The van der Waals surface area contributed by atoms with Gasteiger partial charge in [0.25, 0.3) is 0 Å². The van der Waals surface area contributed by atoms with Crippen LogP contribution in [0.2, 0.25) is 5.02 Å². The van der Waals surface area contributed by atoms with E-state index in [1.165, 1.54) is 6.21 Å². The minimum atomic E-state index is -0.0312. The van der Waals surface area contributed by atoms with E-state index in [4.69, 9.17) is 27.1 Å². The average Bonchev–Trinajstić information content (AvgIpc) is 2.87. The van der Waals surface area contributed by atoms with Crippen molar-refractivity contribution in [3.8, 4) is 0 Å². The van der Waals surface area contributed by atoms with E-state index in [1.54, 1.807) is 12.4 Å². The molecule has 0 radical (unpaired) electrons. The third kappa shape index (κ3) is 6.99. The van der Waals surface area contributed by atoms with E-state index in [9.17, 15) is 4.79 Å². The molecule has 2 aromatic carbocycles. The smallest absolute Gasteiger partial charge is 0.211 e. The first-order chi connectivity index (χ1) is 17.1. The van der Waals surface area contributed by atoms with Crippen LogP contribution < -0.4 is 16.0 Å². The molecule has 0 fully saturated rings. The molecule has 0 saturated carbocycles. The van der Waals surface area contributed by atoms with Crippen LogP contribution in [-0.4, -0.2) is 40.9 Å². The Labute approximate surface area is 209 Å². The van der Waals surface area contributed by atoms with Gasteiger partial charge in [0.1, 0.15) is 5.82 Å². The molecule has 0 aliphatic heterocycles. The molecule has 0 saturated heterocycles. The number of nitrogens with zero attached hydrogens (tertiary/aromatic N) is 2. The average molecular weight is 491 g/mol. The topological polar surface area (TPSA) is 123 Å². The molecule has 3 aromatic rings. The first-order valence-electron chi connectivity index (χ1n) is 11.0. The molecule has 35 heavy (non-hydrogen) atoms. The molecule has 1 heterocycles. The van der Waals surface area contributed by atoms with Crippen LogP contribution in [0.5, 0.6) is 0 Å². The maximum atomic E-state index is 10.8. The lowest BCUT2D eigenvalue weighted by molar-refractivity contribution is -0.108. The summed E-state index contributed by atoms with van der Waals surface area (Å²) in [6.07, 6.45) is 8.81. The number of hydrogen-bond donors (Lipinski definition) is 5. The normalized spacial score (nSPS) is 12.1. The summed E-state index contributed by atoms with van der Waals surface area (Å²) in [4.78, 5) is 20.2. The molecule has 0 spiro atoms. The lowest BCUT2D eigenvalue weighted by Crippen LogP contribution is -2.13. The summed E-state index contributed by atoms with van der Waals surface area (Å²) in [5.74, 6) is 0.955. The van der Waals surface area contributed by atoms with Crippen molar-refractivity contribution in [3.63, 3.8) is 0 Å². The van der Waals surface area contributed by atoms with Crippen LogP contribution in [-0.2, 0) is 11.3 Å². The molecule has 1 aromatic heterocycles. The highest BCUT2D eigenvalue weighted by Crippen LogP contribution is 2.27. The number of anilines is 1. The molecule has 0 atom stereocenters. The zero-order valence-corrected chi connectivity index (χ0v) is 20.0. The number of rotatable bonds is 12. The second-order valence-corrected chi connectivity index (χ2v) is 7.85. The first kappa shape index (κ1) is 25.6. The van der Waals surface area contributed by atoms with Crippen LogP contribution in [0.15, 0.2) is 67.0 Å². The number of halogens is 1. The maximum absolute atomic E-state index is 10.8. The minimum absolute atomic E-state index is 0.0312. The van der Waals surface area contributed by atoms with E-state index in [-0.39, 0.29) is 6.61 Å². The Bertz CT molecular complexity index is 1290. The van der Waals surface area contributed by atoms with E-state index in [0.29, 0.717) is 47.3 Å². The molecule has 0 bridgehead atoms. The lowest BCUT2D eigenvalue weighted by atomic mass is 10.0. The molecule has 1 amide bonds. The second-order valence-electron chi connectivity index (χ2n) is 7.42. The van der Waals surface area contributed by atoms with E-state index in [0.717, 1.165) is 22.1 Å². The van der Waals surface area contributed by atoms with Crippen LogP contribution in [0.4, 0.5) is 5.82 Å². The maximum Gasteiger partial charge on any atom is 0.211 e. The standard InChI is InChI=1S/C26H27ClN6O2/c1-2-4-20(15-30-17-35)19-7-8-24-23(12-19)26(31-14-18-5-3-6-22(27)11-18)33-25(32-24)21(13-28)16-29-9-10-34/h2-8,11-13,15-17,28-29,34H,9-10,14H2,1H3,(H,30,35)(H,31,32,33)/b4-2-,20-15+,21-16+,28-13?. The lowest BCUT2D eigenvalue weighted by Gasteiger charge is -2.13. The van der Waals surface area contributed by atoms with Gasteiger partial charge in [0.15, 0.2) is 5.82 Å². The molecule has 9 heteroatoms. The summed E-state index contributed by atoms with van der Waals surface area (Å²) in [6.45, 7) is 2.70. The molecule has 8 nitrogen and oxygen atoms in total. The van der Waals surface area contributed by atoms with Crippen molar-refractivity contribution in [1.29, 1.82) is 5.41 Å². The largest absolute Gasteiger partial charge is 0.395 e. The Balaban J connectivity index is 2.11. The number of carbonyl (C=O) groups is 1. The number of aliphatic hydroxyl groups is 1. The summed E-state index contributed by atoms with van der Waals surface area (Å²) < 4.78 is 0. The Hall–Kier alpha value is -4.01. The van der Waals surface area contributed by atoms with E-state index < -0.39 is 0 Å². The predicted octanol–water partition coefficient (Wildman–Crippen LogP) is 4.13. The monoisotopic (exact) mass is 490 g/mol. The zero-order chi connectivity index (χ0) is 25.0. The summed E-state index contributed by atoms with van der Waals surface area (Å²) in [6, 6.07) is 13.3. The number of benzene rings is 2. The number of nitrogens with one attached hydrogen (secondary N) is 4. The first-order valence-corrected chi connectivity index (χ1v) is 11.4. The number of fused-ring (bicyclic) bond motifs is 1. The summed E-state index contributed by atoms with van der Waals surface area (Å²) in [7, 11) is 0. The SMILES string of the molecule is C/C=C\C(=C/NC=O)c1ccc2nc(/C(C=N)=C/NCCO)nc(NCc3cccc(Cl)c3)c2c1. The molecule has 0 aliphatic carbocycles. The van der Waals surface area contributed by atoms with Crippen LogP contribution in [0.3, 0.4) is 0 Å². The Morgan fingerprint density at radius 3 is 2.71 bits per heavy atom. The van der Waals surface area contributed by atoms with Gasteiger partial charge in [-0.25, -0.2) is 9.97 Å². The van der Waals surface area contributed by atoms with Gasteiger partial charge in [0, 0.05) is 42.1 Å². The van der Waals surface area contributed by atoms with E-state index in [1.807, 2.05) is 61.5 Å². The van der Waals surface area contributed by atoms with Gasteiger partial charge >= 0.3 is 0 Å². The van der Waals surface area contributed by atoms with Gasteiger partial charge in [-0.2, -0.15) is 0 Å². The molecular weight excluding hydrogens is 464 g/mol. The van der Waals surface area contributed by atoms with Crippen LogP contribution in [0.25, 0.3) is 22.0 Å². The van der Waals surface area contributed by atoms with Crippen LogP contribution in [0.1, 0.15) is 23.9 Å². The highest BCUT2D eigenvalue weighted by Gasteiger charge is 2.12. The number of aromatic nitrogens is 2. The number of allylic oxidation sites excluding steroid dienone is 4. The summed E-state index contributed by atoms with van der Waals surface area (Å²) >= 11 is 6.14. The molecule has 180 valence electrons. The molecule has 3 rings (SSSR count). The van der Waals surface area contributed by atoms with Crippen molar-refractivity contribution < 1.29 is 9.90 Å². The van der Waals surface area contributed by atoms with E-state index >= 15 is 0 Å². The van der Waals surface area contributed by atoms with Crippen LogP contribution in [0, 0.1) is 5.41 Å². The number of hydrogen-bond acceptors (Lipinski definition) is 7. The van der Waals surface area contributed by atoms with Crippen molar-refractivity contribution >= 4 is 52.1 Å². The van der Waals surface area contributed by atoms with Crippen molar-refractivity contribution in [3.05, 3.63) is 89.0 Å².